The summed E-state index contributed by atoms with van der Waals surface area (Å²) in [6.07, 6.45) is 2.82. The zero-order chi connectivity index (χ0) is 15.8. The van der Waals surface area contributed by atoms with E-state index in [0.717, 1.165) is 44.0 Å². The van der Waals surface area contributed by atoms with E-state index in [9.17, 15) is 4.79 Å². The molecule has 2 aliphatic rings. The van der Waals surface area contributed by atoms with Crippen LogP contribution in [-0.2, 0) is 30.7 Å². The molecule has 2 aliphatic heterocycles. The van der Waals surface area contributed by atoms with Crippen molar-refractivity contribution in [1.29, 1.82) is 0 Å². The third kappa shape index (κ3) is 2.63. The smallest absolute Gasteiger partial charge is 0.238 e. The normalized spacial score (nSPS) is 20.7. The van der Waals surface area contributed by atoms with Gasteiger partial charge < -0.3 is 15.2 Å². The maximum atomic E-state index is 12.6. The summed E-state index contributed by atoms with van der Waals surface area (Å²) in [6.45, 7) is 3.67. The van der Waals surface area contributed by atoms with Crippen LogP contribution >= 0.6 is 0 Å². The van der Waals surface area contributed by atoms with Crippen molar-refractivity contribution in [2.75, 3.05) is 0 Å². The molecule has 4 rings (SSSR count). The number of carbonyl (C=O) groups is 1. The van der Waals surface area contributed by atoms with E-state index in [2.05, 4.69) is 37.5 Å². The predicted octanol–water partition coefficient (Wildman–Crippen LogP) is 1.12. The molecule has 0 saturated heterocycles. The van der Waals surface area contributed by atoms with Crippen molar-refractivity contribution in [1.82, 2.24) is 25.4 Å². The maximum absolute atomic E-state index is 12.6. The van der Waals surface area contributed by atoms with Gasteiger partial charge in [-0.1, -0.05) is 24.3 Å². The van der Waals surface area contributed by atoms with Crippen LogP contribution in [0.3, 0.4) is 0 Å². The molecule has 2 aromatic rings. The molecule has 0 spiro atoms. The molecule has 1 aromatic carbocycles. The number of carbonyl (C=O) groups excluding carboxylic acids is 1. The van der Waals surface area contributed by atoms with Crippen LogP contribution in [0.15, 0.2) is 24.3 Å². The number of aromatic nitrogens is 3. The molecule has 0 fully saturated rings. The minimum Gasteiger partial charge on any atom is -0.345 e. The van der Waals surface area contributed by atoms with E-state index in [1.807, 2.05) is 19.1 Å². The first-order valence-corrected chi connectivity index (χ1v) is 8.25. The van der Waals surface area contributed by atoms with Gasteiger partial charge in [0.05, 0.1) is 12.1 Å². The Morgan fingerprint density at radius 2 is 2.17 bits per heavy atom. The molecule has 2 N–H and O–H groups in total. The van der Waals surface area contributed by atoms with Gasteiger partial charge >= 0.3 is 0 Å². The van der Waals surface area contributed by atoms with Crippen LogP contribution in [0, 0.1) is 0 Å². The van der Waals surface area contributed by atoms with Crippen molar-refractivity contribution in [3.05, 3.63) is 47.0 Å². The van der Waals surface area contributed by atoms with Crippen molar-refractivity contribution < 1.29 is 4.79 Å². The summed E-state index contributed by atoms with van der Waals surface area (Å²) < 4.78 is 2.13. The van der Waals surface area contributed by atoms with E-state index in [1.165, 1.54) is 11.1 Å². The van der Waals surface area contributed by atoms with E-state index < -0.39 is 0 Å². The van der Waals surface area contributed by atoms with Crippen molar-refractivity contribution in [2.45, 2.75) is 51.4 Å². The Bertz CT molecular complexity index is 738. The molecule has 2 atom stereocenters. The SMILES string of the molecule is CC(NC(=O)C1Cc2ccccc2CN1)c1nnc2n1CCC2. The largest absolute Gasteiger partial charge is 0.345 e. The highest BCUT2D eigenvalue weighted by Gasteiger charge is 2.27. The zero-order valence-electron chi connectivity index (χ0n) is 13.2. The Morgan fingerprint density at radius 3 is 3.04 bits per heavy atom. The number of amides is 1. The Morgan fingerprint density at radius 1 is 1.35 bits per heavy atom. The average molecular weight is 311 g/mol. The van der Waals surface area contributed by atoms with Crippen LogP contribution in [0.2, 0.25) is 0 Å². The fraction of sp³-hybridized carbons (Fsp3) is 0.471. The third-order valence-electron chi connectivity index (χ3n) is 4.78. The van der Waals surface area contributed by atoms with Crippen LogP contribution in [0.25, 0.3) is 0 Å². The average Bonchev–Trinajstić information content (AvgIpc) is 3.17. The van der Waals surface area contributed by atoms with Crippen molar-refractivity contribution in [2.24, 2.45) is 0 Å². The minimum atomic E-state index is -0.187. The Hall–Kier alpha value is -2.21. The molecule has 6 heteroatoms. The molecular formula is C17H21N5O. The first-order valence-electron chi connectivity index (χ1n) is 8.25. The molecule has 120 valence electrons. The first-order chi connectivity index (χ1) is 11.2. The number of fused-ring (bicyclic) bond motifs is 2. The van der Waals surface area contributed by atoms with Gasteiger partial charge in [-0.2, -0.15) is 0 Å². The Labute approximate surface area is 135 Å². The number of hydrogen-bond donors (Lipinski definition) is 2. The lowest BCUT2D eigenvalue weighted by Gasteiger charge is -2.26. The first kappa shape index (κ1) is 14.4. The van der Waals surface area contributed by atoms with Gasteiger partial charge in [0.1, 0.15) is 5.82 Å². The molecule has 0 saturated carbocycles. The number of aryl methyl sites for hydroxylation is 1. The van der Waals surface area contributed by atoms with Crippen molar-refractivity contribution >= 4 is 5.91 Å². The fourth-order valence-corrected chi connectivity index (χ4v) is 3.51. The molecule has 0 bridgehead atoms. The predicted molar refractivity (Wildman–Crippen MR) is 85.7 cm³/mol. The van der Waals surface area contributed by atoms with E-state index >= 15 is 0 Å². The fourth-order valence-electron chi connectivity index (χ4n) is 3.51. The quantitative estimate of drug-likeness (QED) is 0.891. The minimum absolute atomic E-state index is 0.0300. The number of rotatable bonds is 3. The van der Waals surface area contributed by atoms with E-state index in [1.54, 1.807) is 0 Å². The lowest BCUT2D eigenvalue weighted by Crippen LogP contribution is -2.48. The second-order valence-electron chi connectivity index (χ2n) is 6.37. The molecule has 1 aromatic heterocycles. The zero-order valence-corrected chi connectivity index (χ0v) is 13.2. The standard InChI is InChI=1S/C17H21N5O/c1-11(16-21-20-15-7-4-8-22(15)16)19-17(23)14-9-12-5-2-3-6-13(12)10-18-14/h2-3,5-6,11,14,18H,4,7-10H2,1H3,(H,19,23). The second kappa shape index (κ2) is 5.77. The van der Waals surface area contributed by atoms with Gasteiger partial charge in [-0.15, -0.1) is 10.2 Å². The summed E-state index contributed by atoms with van der Waals surface area (Å²) in [6, 6.07) is 7.97. The molecular weight excluding hydrogens is 290 g/mol. The maximum Gasteiger partial charge on any atom is 0.238 e. The summed E-state index contributed by atoms with van der Waals surface area (Å²) in [7, 11) is 0. The Balaban J connectivity index is 1.44. The van der Waals surface area contributed by atoms with E-state index in [-0.39, 0.29) is 18.0 Å². The van der Waals surface area contributed by atoms with Crippen LogP contribution in [0.5, 0.6) is 0 Å². The molecule has 2 unspecified atom stereocenters. The highest BCUT2D eigenvalue weighted by Crippen LogP contribution is 2.20. The van der Waals surface area contributed by atoms with Crippen LogP contribution in [0.4, 0.5) is 0 Å². The second-order valence-corrected chi connectivity index (χ2v) is 6.37. The number of nitrogens with zero attached hydrogens (tertiary/aromatic N) is 3. The third-order valence-corrected chi connectivity index (χ3v) is 4.78. The Kier molecular flexibility index (Phi) is 3.61. The summed E-state index contributed by atoms with van der Waals surface area (Å²) in [4.78, 5) is 12.6. The van der Waals surface area contributed by atoms with Crippen LogP contribution in [0.1, 0.15) is 42.2 Å². The van der Waals surface area contributed by atoms with Gasteiger partial charge in [-0.05, 0) is 30.9 Å². The molecule has 0 aliphatic carbocycles. The van der Waals surface area contributed by atoms with Gasteiger partial charge in [0.2, 0.25) is 5.91 Å². The number of hydrogen-bond acceptors (Lipinski definition) is 4. The molecule has 23 heavy (non-hydrogen) atoms. The molecule has 6 nitrogen and oxygen atoms in total. The van der Waals surface area contributed by atoms with Gasteiger partial charge in [-0.25, -0.2) is 0 Å². The van der Waals surface area contributed by atoms with Gasteiger partial charge in [0, 0.05) is 19.5 Å². The molecule has 1 amide bonds. The van der Waals surface area contributed by atoms with Crippen LogP contribution < -0.4 is 10.6 Å². The number of benzene rings is 1. The summed E-state index contributed by atoms with van der Waals surface area (Å²) in [5.74, 6) is 1.93. The molecule has 0 radical (unpaired) electrons. The van der Waals surface area contributed by atoms with Gasteiger partial charge in [0.25, 0.3) is 0 Å². The topological polar surface area (TPSA) is 71.8 Å². The van der Waals surface area contributed by atoms with Crippen LogP contribution in [-0.4, -0.2) is 26.7 Å². The van der Waals surface area contributed by atoms with E-state index in [0.29, 0.717) is 0 Å². The summed E-state index contributed by atoms with van der Waals surface area (Å²) in [5, 5.41) is 14.9. The van der Waals surface area contributed by atoms with Crippen molar-refractivity contribution in [3.63, 3.8) is 0 Å². The molecule has 3 heterocycles. The van der Waals surface area contributed by atoms with E-state index in [4.69, 9.17) is 0 Å². The summed E-state index contributed by atoms with van der Waals surface area (Å²) in [5.41, 5.74) is 2.53. The highest BCUT2D eigenvalue weighted by atomic mass is 16.2. The lowest BCUT2D eigenvalue weighted by molar-refractivity contribution is -0.124. The lowest BCUT2D eigenvalue weighted by atomic mass is 9.95. The van der Waals surface area contributed by atoms with Crippen molar-refractivity contribution in [3.8, 4) is 0 Å². The number of nitrogens with one attached hydrogen (secondary N) is 2. The van der Waals surface area contributed by atoms with Gasteiger partial charge in [0.15, 0.2) is 5.82 Å². The monoisotopic (exact) mass is 311 g/mol. The summed E-state index contributed by atoms with van der Waals surface area (Å²) >= 11 is 0. The highest BCUT2D eigenvalue weighted by molar-refractivity contribution is 5.82. The van der Waals surface area contributed by atoms with Gasteiger partial charge in [-0.3, -0.25) is 4.79 Å².